The molecule has 1 saturated carbocycles. The zero-order valence-electron chi connectivity index (χ0n) is 18.8. The number of aromatic nitrogens is 3. The van der Waals surface area contributed by atoms with E-state index in [0.717, 1.165) is 55.1 Å². The van der Waals surface area contributed by atoms with Crippen LogP contribution in [0.25, 0.3) is 10.9 Å². The van der Waals surface area contributed by atoms with Crippen LogP contribution >= 0.6 is 0 Å². The van der Waals surface area contributed by atoms with Gasteiger partial charge in [0.1, 0.15) is 0 Å². The molecular weight excluding hydrogens is 374 g/mol. The number of hydrogen-bond donors (Lipinski definition) is 2. The van der Waals surface area contributed by atoms with Crippen molar-refractivity contribution in [3.05, 3.63) is 23.7 Å². The molecule has 3 heterocycles. The van der Waals surface area contributed by atoms with Gasteiger partial charge >= 0.3 is 0 Å². The summed E-state index contributed by atoms with van der Waals surface area (Å²) in [5.41, 5.74) is 3.45. The second-order valence-corrected chi connectivity index (χ2v) is 9.53. The number of rotatable bonds is 6. The third-order valence-corrected chi connectivity index (χ3v) is 7.18. The molecule has 30 heavy (non-hydrogen) atoms. The molecule has 164 valence electrons. The lowest BCUT2D eigenvalue weighted by Gasteiger charge is -2.29. The molecule has 0 spiro atoms. The molecule has 0 unspecified atom stereocenters. The first-order chi connectivity index (χ1) is 14.5. The highest BCUT2D eigenvalue weighted by Gasteiger charge is 2.25. The topological polar surface area (TPSA) is 74.2 Å². The van der Waals surface area contributed by atoms with E-state index in [4.69, 9.17) is 9.97 Å². The van der Waals surface area contributed by atoms with Crippen LogP contribution in [0.2, 0.25) is 0 Å². The van der Waals surface area contributed by atoms with E-state index in [1.54, 1.807) is 0 Å². The first-order valence-electron chi connectivity index (χ1n) is 11.8. The maximum Gasteiger partial charge on any atom is 0.223 e. The monoisotopic (exact) mass is 411 g/mol. The van der Waals surface area contributed by atoms with E-state index < -0.39 is 0 Å². The minimum atomic E-state index is -0.151. The number of nitrogens with zero attached hydrogens (tertiary/aromatic N) is 4. The minimum absolute atomic E-state index is 0.151. The minimum Gasteiger partial charge on any atom is -0.393 e. The van der Waals surface area contributed by atoms with Crippen molar-refractivity contribution in [3.63, 3.8) is 0 Å². The highest BCUT2D eigenvalue weighted by Crippen LogP contribution is 2.37. The van der Waals surface area contributed by atoms with Crippen molar-refractivity contribution in [1.82, 2.24) is 19.9 Å². The number of hydrogen-bond acceptors (Lipinski definition) is 6. The number of aliphatic hydroxyl groups is 1. The van der Waals surface area contributed by atoms with Crippen LogP contribution in [0.5, 0.6) is 0 Å². The molecule has 1 aliphatic heterocycles. The second-order valence-electron chi connectivity index (χ2n) is 9.53. The summed E-state index contributed by atoms with van der Waals surface area (Å²) in [6.07, 6.45) is 12.2. The van der Waals surface area contributed by atoms with Gasteiger partial charge in [0, 0.05) is 29.4 Å². The molecule has 6 nitrogen and oxygen atoms in total. The van der Waals surface area contributed by atoms with E-state index >= 15 is 0 Å². The molecule has 2 fully saturated rings. The number of likely N-dealkylation sites (tertiary alicyclic amines) is 1. The smallest absolute Gasteiger partial charge is 0.223 e. The molecule has 4 rings (SSSR count). The van der Waals surface area contributed by atoms with E-state index in [-0.39, 0.29) is 6.10 Å². The van der Waals surface area contributed by atoms with Crippen molar-refractivity contribution >= 4 is 16.9 Å². The van der Waals surface area contributed by atoms with Gasteiger partial charge in [-0.05, 0) is 90.3 Å². The fraction of sp³-hybridized carbons (Fsp3) is 0.708. The number of anilines is 1. The fourth-order valence-electron chi connectivity index (χ4n) is 4.87. The number of nitrogens with one attached hydrogen (secondary N) is 1. The van der Waals surface area contributed by atoms with Crippen LogP contribution in [-0.2, 0) is 6.42 Å². The van der Waals surface area contributed by atoms with Gasteiger partial charge in [-0.1, -0.05) is 6.92 Å². The van der Waals surface area contributed by atoms with Gasteiger partial charge in [0.15, 0.2) is 0 Å². The van der Waals surface area contributed by atoms with Gasteiger partial charge in [-0.15, -0.1) is 0 Å². The molecule has 2 N–H and O–H groups in total. The molecule has 6 heteroatoms. The standard InChI is InChI=1S/C24H37N5O/c1-4-16(2)27-24-26-15-21-22(13-17-9-11-29(3)12-10-17)25-14-20(23(21)28-24)18-5-7-19(30)8-6-18/h14-19,30H,4-13H2,1-3H3,(H,26,27,28)/t16-,18?,19?/m0/s1. The molecule has 2 aromatic rings. The lowest BCUT2D eigenvalue weighted by molar-refractivity contribution is 0.122. The Balaban J connectivity index is 1.66. The number of piperidine rings is 1. The van der Waals surface area contributed by atoms with Gasteiger partial charge < -0.3 is 15.3 Å². The third kappa shape index (κ3) is 4.92. The maximum atomic E-state index is 9.95. The van der Waals surface area contributed by atoms with E-state index in [1.807, 2.05) is 6.20 Å². The zero-order valence-corrected chi connectivity index (χ0v) is 18.8. The van der Waals surface area contributed by atoms with Crippen LogP contribution in [0.1, 0.15) is 76.0 Å². The summed E-state index contributed by atoms with van der Waals surface area (Å²) in [4.78, 5) is 17.0. The van der Waals surface area contributed by atoms with Gasteiger partial charge in [-0.3, -0.25) is 4.98 Å². The average molecular weight is 412 g/mol. The van der Waals surface area contributed by atoms with E-state index in [9.17, 15) is 5.11 Å². The number of fused-ring (bicyclic) bond motifs is 1. The predicted octanol–water partition coefficient (Wildman–Crippen LogP) is 4.14. The second kappa shape index (κ2) is 9.56. The lowest BCUT2D eigenvalue weighted by atomic mass is 9.82. The largest absolute Gasteiger partial charge is 0.393 e. The summed E-state index contributed by atoms with van der Waals surface area (Å²) >= 11 is 0. The van der Waals surface area contributed by atoms with Gasteiger partial charge in [-0.25, -0.2) is 9.97 Å². The van der Waals surface area contributed by atoms with Gasteiger partial charge in [0.05, 0.1) is 17.3 Å². The normalized spacial score (nSPS) is 24.8. The van der Waals surface area contributed by atoms with Crippen molar-refractivity contribution in [2.24, 2.45) is 5.92 Å². The molecule has 1 saturated heterocycles. The van der Waals surface area contributed by atoms with Crippen LogP contribution in [0.3, 0.4) is 0 Å². The van der Waals surface area contributed by atoms with Crippen molar-refractivity contribution in [3.8, 4) is 0 Å². The Hall–Kier alpha value is -1.79. The Morgan fingerprint density at radius 3 is 2.53 bits per heavy atom. The number of aliphatic hydroxyl groups excluding tert-OH is 1. The summed E-state index contributed by atoms with van der Waals surface area (Å²) in [7, 11) is 2.21. The van der Waals surface area contributed by atoms with Crippen molar-refractivity contribution in [2.75, 3.05) is 25.5 Å². The third-order valence-electron chi connectivity index (χ3n) is 7.18. The number of pyridine rings is 1. The Labute approximate surface area is 180 Å². The predicted molar refractivity (Wildman–Crippen MR) is 122 cm³/mol. The quantitative estimate of drug-likeness (QED) is 0.744. The Kier molecular flexibility index (Phi) is 6.84. The Morgan fingerprint density at radius 2 is 1.83 bits per heavy atom. The zero-order chi connectivity index (χ0) is 21.1. The first kappa shape index (κ1) is 21.4. The van der Waals surface area contributed by atoms with Crippen LogP contribution < -0.4 is 5.32 Å². The molecule has 0 radical (unpaired) electrons. The molecule has 2 aromatic heterocycles. The molecule has 2 aliphatic rings. The summed E-state index contributed by atoms with van der Waals surface area (Å²) in [6, 6.07) is 0.344. The molecule has 0 amide bonds. The van der Waals surface area contributed by atoms with Gasteiger partial charge in [-0.2, -0.15) is 0 Å². The van der Waals surface area contributed by atoms with Gasteiger partial charge in [0.2, 0.25) is 5.95 Å². The lowest BCUT2D eigenvalue weighted by Crippen LogP contribution is -2.31. The van der Waals surface area contributed by atoms with Crippen molar-refractivity contribution in [1.29, 1.82) is 0 Å². The van der Waals surface area contributed by atoms with Crippen molar-refractivity contribution in [2.45, 2.75) is 83.3 Å². The highest BCUT2D eigenvalue weighted by atomic mass is 16.3. The molecule has 1 atom stereocenters. The summed E-state index contributed by atoms with van der Waals surface area (Å²) < 4.78 is 0. The molecular formula is C24H37N5O. The van der Waals surface area contributed by atoms with Crippen LogP contribution in [-0.4, -0.2) is 57.2 Å². The Bertz CT molecular complexity index is 841. The van der Waals surface area contributed by atoms with E-state index in [1.165, 1.54) is 31.5 Å². The highest BCUT2D eigenvalue weighted by molar-refractivity contribution is 5.84. The van der Waals surface area contributed by atoms with Crippen molar-refractivity contribution < 1.29 is 5.11 Å². The maximum absolute atomic E-state index is 9.95. The van der Waals surface area contributed by atoms with E-state index in [2.05, 4.69) is 42.3 Å². The summed E-state index contributed by atoms with van der Waals surface area (Å²) in [5, 5.41) is 14.5. The SMILES string of the molecule is CC[C@H](C)Nc1ncc2c(CC3CCN(C)CC3)ncc(C3CCC(O)CC3)c2n1. The molecule has 0 aromatic carbocycles. The molecule has 1 aliphatic carbocycles. The van der Waals surface area contributed by atoms with E-state index in [0.29, 0.717) is 23.8 Å². The van der Waals surface area contributed by atoms with Crippen LogP contribution in [0, 0.1) is 5.92 Å². The fourth-order valence-corrected chi connectivity index (χ4v) is 4.87. The average Bonchev–Trinajstić information content (AvgIpc) is 2.76. The Morgan fingerprint density at radius 1 is 1.10 bits per heavy atom. The van der Waals surface area contributed by atoms with Crippen LogP contribution in [0.4, 0.5) is 5.95 Å². The van der Waals surface area contributed by atoms with Gasteiger partial charge in [0.25, 0.3) is 0 Å². The summed E-state index contributed by atoms with van der Waals surface area (Å²) in [6.45, 7) is 6.67. The first-order valence-corrected chi connectivity index (χ1v) is 11.8. The van der Waals surface area contributed by atoms with Crippen LogP contribution in [0.15, 0.2) is 12.4 Å². The molecule has 0 bridgehead atoms. The summed E-state index contributed by atoms with van der Waals surface area (Å²) in [5.74, 6) is 1.82.